The first-order valence-electron chi connectivity index (χ1n) is 4.03. The fourth-order valence-electron chi connectivity index (χ4n) is 1.02. The van der Waals surface area contributed by atoms with Gasteiger partial charge in [0, 0.05) is 6.42 Å². The molecule has 0 radical (unpaired) electrons. The summed E-state index contributed by atoms with van der Waals surface area (Å²) in [6.07, 6.45) is 1.28. The van der Waals surface area contributed by atoms with Crippen LogP contribution in [0.15, 0.2) is 18.2 Å². The van der Waals surface area contributed by atoms with E-state index in [4.69, 9.17) is 23.2 Å². The van der Waals surface area contributed by atoms with Gasteiger partial charge in [-0.05, 0) is 31.0 Å². The van der Waals surface area contributed by atoms with Gasteiger partial charge in [-0.1, -0.05) is 29.3 Å². The third-order valence-corrected chi connectivity index (χ3v) is 2.49. The lowest BCUT2D eigenvalue weighted by atomic mass is 10.1. The molecule has 0 aromatic heterocycles. The molecule has 0 amide bonds. The highest BCUT2D eigenvalue weighted by molar-refractivity contribution is 6.42. The maximum Gasteiger partial charge on any atom is 0.130 e. The van der Waals surface area contributed by atoms with E-state index in [0.29, 0.717) is 16.5 Å². The first kappa shape index (κ1) is 10.6. The molecule has 1 aromatic carbocycles. The fraction of sp³-hybridized carbons (Fsp3) is 0.300. The summed E-state index contributed by atoms with van der Waals surface area (Å²) < 4.78 is 0. The maximum atomic E-state index is 10.7. The highest BCUT2D eigenvalue weighted by Gasteiger charge is 2.00. The van der Waals surface area contributed by atoms with Crippen molar-refractivity contribution in [3.63, 3.8) is 0 Å². The largest absolute Gasteiger partial charge is 0.300 e. The Bertz CT molecular complexity index is 321. The zero-order chi connectivity index (χ0) is 9.84. The summed E-state index contributed by atoms with van der Waals surface area (Å²) in [5.74, 6) is 0.186. The van der Waals surface area contributed by atoms with Gasteiger partial charge in [-0.2, -0.15) is 0 Å². The Labute approximate surface area is 87.7 Å². The zero-order valence-electron chi connectivity index (χ0n) is 7.31. The molecule has 13 heavy (non-hydrogen) atoms. The maximum absolute atomic E-state index is 10.7. The molecule has 1 aromatic rings. The topological polar surface area (TPSA) is 17.1 Å². The molecule has 0 aliphatic rings. The van der Waals surface area contributed by atoms with Gasteiger partial charge in [0.2, 0.25) is 0 Å². The Morgan fingerprint density at radius 3 is 2.54 bits per heavy atom. The normalized spacial score (nSPS) is 10.1. The van der Waals surface area contributed by atoms with Crippen LogP contribution >= 0.6 is 23.2 Å². The summed E-state index contributed by atoms with van der Waals surface area (Å²) in [7, 11) is 0. The molecule has 0 aliphatic heterocycles. The monoisotopic (exact) mass is 216 g/mol. The molecular weight excluding hydrogens is 207 g/mol. The van der Waals surface area contributed by atoms with Gasteiger partial charge in [0.25, 0.3) is 0 Å². The quantitative estimate of drug-likeness (QED) is 0.756. The minimum Gasteiger partial charge on any atom is -0.300 e. The average molecular weight is 217 g/mol. The van der Waals surface area contributed by atoms with Crippen LogP contribution < -0.4 is 0 Å². The molecule has 0 unspecified atom stereocenters. The number of ketones is 1. The number of hydrogen-bond acceptors (Lipinski definition) is 1. The van der Waals surface area contributed by atoms with Gasteiger partial charge in [0.1, 0.15) is 5.78 Å². The van der Waals surface area contributed by atoms with E-state index in [0.717, 1.165) is 12.0 Å². The molecule has 0 saturated carbocycles. The number of carbonyl (C=O) groups excluding carboxylic acids is 1. The summed E-state index contributed by atoms with van der Waals surface area (Å²) >= 11 is 11.6. The number of halogens is 2. The van der Waals surface area contributed by atoms with Crippen molar-refractivity contribution >= 4 is 29.0 Å². The molecule has 0 bridgehead atoms. The predicted molar refractivity (Wildman–Crippen MR) is 55.5 cm³/mol. The van der Waals surface area contributed by atoms with Gasteiger partial charge < -0.3 is 4.79 Å². The second-order valence-electron chi connectivity index (χ2n) is 2.95. The van der Waals surface area contributed by atoms with Gasteiger partial charge in [0.15, 0.2) is 0 Å². The third kappa shape index (κ3) is 3.37. The van der Waals surface area contributed by atoms with Crippen molar-refractivity contribution < 1.29 is 4.79 Å². The van der Waals surface area contributed by atoms with Crippen LogP contribution in [0.25, 0.3) is 0 Å². The first-order valence-corrected chi connectivity index (χ1v) is 4.78. The molecular formula is C10H10Cl2O. The molecule has 0 spiro atoms. The molecule has 0 heterocycles. The third-order valence-electron chi connectivity index (χ3n) is 1.75. The van der Waals surface area contributed by atoms with Crippen LogP contribution in [0, 0.1) is 0 Å². The lowest BCUT2D eigenvalue weighted by Crippen LogP contribution is -1.93. The summed E-state index contributed by atoms with van der Waals surface area (Å²) in [6, 6.07) is 5.43. The lowest BCUT2D eigenvalue weighted by molar-refractivity contribution is -0.116. The Kier molecular flexibility index (Phi) is 3.76. The van der Waals surface area contributed by atoms with Crippen LogP contribution in [0.5, 0.6) is 0 Å². The number of hydrogen-bond donors (Lipinski definition) is 0. The van der Waals surface area contributed by atoms with Crippen LogP contribution in [0.1, 0.15) is 18.9 Å². The molecule has 3 heteroatoms. The molecule has 70 valence electrons. The molecule has 0 fully saturated rings. The average Bonchev–Trinajstić information content (AvgIpc) is 2.07. The van der Waals surface area contributed by atoms with Crippen molar-refractivity contribution in [2.24, 2.45) is 0 Å². The standard InChI is InChI=1S/C10H10Cl2O/c1-7(13)2-3-8-4-5-9(11)10(12)6-8/h4-6H,2-3H2,1H3. The second kappa shape index (κ2) is 4.64. The number of aryl methyl sites for hydroxylation is 1. The summed E-state index contributed by atoms with van der Waals surface area (Å²) in [5.41, 5.74) is 1.05. The fourth-order valence-corrected chi connectivity index (χ4v) is 1.34. The zero-order valence-corrected chi connectivity index (χ0v) is 8.82. The molecule has 0 N–H and O–H groups in total. The minimum atomic E-state index is 0.186. The van der Waals surface area contributed by atoms with Crippen LogP contribution in [0.3, 0.4) is 0 Å². The van der Waals surface area contributed by atoms with E-state index in [-0.39, 0.29) is 5.78 Å². The van der Waals surface area contributed by atoms with E-state index in [9.17, 15) is 4.79 Å². The van der Waals surface area contributed by atoms with Gasteiger partial charge in [0.05, 0.1) is 10.0 Å². The number of rotatable bonds is 3. The number of benzene rings is 1. The van der Waals surface area contributed by atoms with E-state index in [1.165, 1.54) is 0 Å². The van der Waals surface area contributed by atoms with Crippen molar-refractivity contribution in [2.45, 2.75) is 19.8 Å². The van der Waals surface area contributed by atoms with Crippen LogP contribution in [0.2, 0.25) is 10.0 Å². The van der Waals surface area contributed by atoms with Crippen LogP contribution in [-0.4, -0.2) is 5.78 Å². The van der Waals surface area contributed by atoms with E-state index in [1.807, 2.05) is 6.07 Å². The van der Waals surface area contributed by atoms with Crippen molar-refractivity contribution in [2.75, 3.05) is 0 Å². The van der Waals surface area contributed by atoms with Crippen molar-refractivity contribution in [1.29, 1.82) is 0 Å². The van der Waals surface area contributed by atoms with E-state index in [1.54, 1.807) is 19.1 Å². The number of Topliss-reactive ketones (excluding diaryl/α,β-unsaturated/α-hetero) is 1. The lowest BCUT2D eigenvalue weighted by Gasteiger charge is -2.00. The van der Waals surface area contributed by atoms with Crippen molar-refractivity contribution in [3.05, 3.63) is 33.8 Å². The smallest absolute Gasteiger partial charge is 0.130 e. The van der Waals surface area contributed by atoms with Gasteiger partial charge in [-0.25, -0.2) is 0 Å². The van der Waals surface area contributed by atoms with Crippen molar-refractivity contribution in [3.8, 4) is 0 Å². The SMILES string of the molecule is CC(=O)CCc1ccc(Cl)c(Cl)c1. The van der Waals surface area contributed by atoms with Gasteiger partial charge >= 0.3 is 0 Å². The Morgan fingerprint density at radius 2 is 2.00 bits per heavy atom. The van der Waals surface area contributed by atoms with Gasteiger partial charge in [-0.15, -0.1) is 0 Å². The van der Waals surface area contributed by atoms with E-state index < -0.39 is 0 Å². The number of carbonyl (C=O) groups is 1. The molecule has 1 rings (SSSR count). The van der Waals surface area contributed by atoms with Crippen LogP contribution in [-0.2, 0) is 11.2 Å². The first-order chi connectivity index (χ1) is 6.09. The summed E-state index contributed by atoms with van der Waals surface area (Å²) in [5, 5.41) is 1.09. The second-order valence-corrected chi connectivity index (χ2v) is 3.76. The summed E-state index contributed by atoms with van der Waals surface area (Å²) in [4.78, 5) is 10.7. The highest BCUT2D eigenvalue weighted by atomic mass is 35.5. The van der Waals surface area contributed by atoms with Crippen LogP contribution in [0.4, 0.5) is 0 Å². The Morgan fingerprint density at radius 1 is 1.31 bits per heavy atom. The van der Waals surface area contributed by atoms with Crippen molar-refractivity contribution in [1.82, 2.24) is 0 Å². The molecule has 0 aliphatic carbocycles. The highest BCUT2D eigenvalue weighted by Crippen LogP contribution is 2.23. The molecule has 0 saturated heterocycles. The predicted octanol–water partition coefficient (Wildman–Crippen LogP) is 3.52. The van der Waals surface area contributed by atoms with Gasteiger partial charge in [-0.3, -0.25) is 0 Å². The Balaban J connectivity index is 2.68. The minimum absolute atomic E-state index is 0.186. The van der Waals surface area contributed by atoms with E-state index >= 15 is 0 Å². The molecule has 1 nitrogen and oxygen atoms in total. The molecule has 0 atom stereocenters. The Hall–Kier alpha value is -0.530. The van der Waals surface area contributed by atoms with E-state index in [2.05, 4.69) is 0 Å². The summed E-state index contributed by atoms with van der Waals surface area (Å²) in [6.45, 7) is 1.58.